The van der Waals surface area contributed by atoms with Gasteiger partial charge in [0.05, 0.1) is 13.1 Å². The number of thiazole rings is 1. The second kappa shape index (κ2) is 11.8. The first-order chi connectivity index (χ1) is 12.1. The number of nitrogens with zero attached hydrogens (tertiary/aromatic N) is 2. The minimum atomic E-state index is -0.0782. The predicted octanol–water partition coefficient (Wildman–Crippen LogP) is 3.54. The van der Waals surface area contributed by atoms with E-state index in [2.05, 4.69) is 32.9 Å². The molecule has 0 bridgehead atoms. The molecule has 3 N–H and O–H groups in total. The maximum absolute atomic E-state index is 11.2. The van der Waals surface area contributed by atoms with E-state index < -0.39 is 0 Å². The number of aliphatic imine (C=N–C) groups is 1. The zero-order valence-electron chi connectivity index (χ0n) is 15.3. The molecule has 0 aliphatic rings. The fraction of sp³-hybridized carbons (Fsp3) is 0.389. The average Bonchev–Trinajstić information content (AvgIpc) is 3.05. The number of carbonyl (C=O) groups is 1. The number of amides is 1. The molecule has 0 saturated heterocycles. The summed E-state index contributed by atoms with van der Waals surface area (Å²) >= 11 is 1.72. The molecule has 142 valence electrons. The van der Waals surface area contributed by atoms with E-state index in [4.69, 9.17) is 0 Å². The third-order valence-electron chi connectivity index (χ3n) is 3.37. The van der Waals surface area contributed by atoms with Crippen molar-refractivity contribution in [1.29, 1.82) is 0 Å². The smallest absolute Gasteiger partial charge is 0.221 e. The van der Waals surface area contributed by atoms with Gasteiger partial charge in [-0.05, 0) is 31.0 Å². The minimum absolute atomic E-state index is 0. The molecule has 1 aromatic carbocycles. The highest BCUT2D eigenvalue weighted by Gasteiger charge is 2.03. The molecule has 2 aromatic rings. The first-order valence-electron chi connectivity index (χ1n) is 8.43. The molecule has 8 heteroatoms. The lowest BCUT2D eigenvalue weighted by molar-refractivity contribution is -0.114. The highest BCUT2D eigenvalue weighted by molar-refractivity contribution is 14.0. The van der Waals surface area contributed by atoms with Crippen molar-refractivity contribution in [2.75, 3.05) is 11.9 Å². The number of hydrogen-bond donors (Lipinski definition) is 3. The topological polar surface area (TPSA) is 78.4 Å². The molecule has 0 unspecified atom stereocenters. The van der Waals surface area contributed by atoms with Crippen molar-refractivity contribution >= 4 is 52.9 Å². The van der Waals surface area contributed by atoms with Crippen molar-refractivity contribution in [3.05, 3.63) is 45.9 Å². The fourth-order valence-corrected chi connectivity index (χ4v) is 3.02. The minimum Gasteiger partial charge on any atom is -0.357 e. The number of anilines is 1. The van der Waals surface area contributed by atoms with Gasteiger partial charge in [0.15, 0.2) is 5.96 Å². The summed E-state index contributed by atoms with van der Waals surface area (Å²) in [6.07, 6.45) is 2.94. The monoisotopic (exact) mass is 487 g/mol. The quantitative estimate of drug-likeness (QED) is 0.317. The van der Waals surface area contributed by atoms with E-state index in [9.17, 15) is 4.79 Å². The van der Waals surface area contributed by atoms with Crippen molar-refractivity contribution in [3.63, 3.8) is 0 Å². The van der Waals surface area contributed by atoms with Crippen molar-refractivity contribution < 1.29 is 4.79 Å². The van der Waals surface area contributed by atoms with Crippen LogP contribution in [0.25, 0.3) is 0 Å². The molecular formula is C18H26IN5OS. The number of carbonyl (C=O) groups excluding carboxylic acids is 1. The first kappa shape index (κ1) is 22.4. The van der Waals surface area contributed by atoms with Crippen LogP contribution in [-0.2, 0) is 24.3 Å². The van der Waals surface area contributed by atoms with Crippen molar-refractivity contribution in [1.82, 2.24) is 15.6 Å². The summed E-state index contributed by atoms with van der Waals surface area (Å²) in [6.45, 7) is 7.64. The molecule has 0 spiro atoms. The van der Waals surface area contributed by atoms with Crippen LogP contribution < -0.4 is 16.0 Å². The standard InChI is InChI=1S/C18H25N5OS.HI/c1-4-16-11-20-17(25-16)12-22-18(19-5-2)21-10-14-7-6-8-15(9-14)23-13(3)24;/h6-9,11H,4-5,10,12H2,1-3H3,(H,23,24)(H2,19,21,22);1H. The first-order valence-corrected chi connectivity index (χ1v) is 9.24. The predicted molar refractivity (Wildman–Crippen MR) is 119 cm³/mol. The molecule has 26 heavy (non-hydrogen) atoms. The molecule has 1 amide bonds. The molecule has 2 rings (SSSR count). The molecular weight excluding hydrogens is 461 g/mol. The van der Waals surface area contributed by atoms with Gasteiger partial charge in [0.2, 0.25) is 5.91 Å². The Balaban J connectivity index is 0.00000338. The normalized spacial score (nSPS) is 10.8. The van der Waals surface area contributed by atoms with Crippen LogP contribution in [-0.4, -0.2) is 23.4 Å². The molecule has 0 fully saturated rings. The molecule has 0 atom stereocenters. The van der Waals surface area contributed by atoms with Gasteiger partial charge < -0.3 is 16.0 Å². The highest BCUT2D eigenvalue weighted by Crippen LogP contribution is 2.13. The lowest BCUT2D eigenvalue weighted by Crippen LogP contribution is -2.36. The number of rotatable bonds is 7. The Bertz CT molecular complexity index is 732. The highest BCUT2D eigenvalue weighted by atomic mass is 127. The molecule has 0 aliphatic heterocycles. The van der Waals surface area contributed by atoms with Crippen molar-refractivity contribution in [2.24, 2.45) is 4.99 Å². The number of nitrogens with one attached hydrogen (secondary N) is 3. The number of halogens is 1. The summed E-state index contributed by atoms with van der Waals surface area (Å²) in [5.74, 6) is 0.672. The van der Waals surface area contributed by atoms with Crippen LogP contribution >= 0.6 is 35.3 Å². The summed E-state index contributed by atoms with van der Waals surface area (Å²) in [7, 11) is 0. The Hall–Kier alpha value is -1.68. The van der Waals surface area contributed by atoms with Crippen LogP contribution in [0.3, 0.4) is 0 Å². The van der Waals surface area contributed by atoms with E-state index in [0.29, 0.717) is 13.1 Å². The average molecular weight is 487 g/mol. The van der Waals surface area contributed by atoms with Gasteiger partial charge in [-0.1, -0.05) is 19.1 Å². The van der Waals surface area contributed by atoms with Gasteiger partial charge >= 0.3 is 0 Å². The second-order valence-corrected chi connectivity index (χ2v) is 6.70. The fourth-order valence-electron chi connectivity index (χ4n) is 2.22. The summed E-state index contributed by atoms with van der Waals surface area (Å²) in [4.78, 5) is 21.5. The lowest BCUT2D eigenvalue weighted by atomic mass is 10.2. The van der Waals surface area contributed by atoms with Crippen LogP contribution in [0.15, 0.2) is 35.5 Å². The summed E-state index contributed by atoms with van der Waals surface area (Å²) < 4.78 is 0. The summed E-state index contributed by atoms with van der Waals surface area (Å²) in [5.41, 5.74) is 1.82. The number of guanidine groups is 1. The van der Waals surface area contributed by atoms with E-state index >= 15 is 0 Å². The van der Waals surface area contributed by atoms with Gasteiger partial charge in [-0.15, -0.1) is 35.3 Å². The van der Waals surface area contributed by atoms with Crippen molar-refractivity contribution in [2.45, 2.75) is 40.3 Å². The van der Waals surface area contributed by atoms with Gasteiger partial charge in [-0.2, -0.15) is 0 Å². The molecule has 1 aromatic heterocycles. The van der Waals surface area contributed by atoms with Gasteiger partial charge in [-0.3, -0.25) is 4.79 Å². The number of benzene rings is 1. The van der Waals surface area contributed by atoms with Crippen LogP contribution in [0.2, 0.25) is 0 Å². The Morgan fingerprint density at radius 3 is 2.73 bits per heavy atom. The summed E-state index contributed by atoms with van der Waals surface area (Å²) in [6, 6.07) is 7.71. The molecule has 0 saturated carbocycles. The van der Waals surface area contributed by atoms with Crippen molar-refractivity contribution in [3.8, 4) is 0 Å². The third-order valence-corrected chi connectivity index (χ3v) is 4.51. The van der Waals surface area contributed by atoms with Gasteiger partial charge in [-0.25, -0.2) is 9.98 Å². The maximum Gasteiger partial charge on any atom is 0.221 e. The van der Waals surface area contributed by atoms with Gasteiger partial charge in [0.25, 0.3) is 0 Å². The van der Waals surface area contributed by atoms with Gasteiger partial charge in [0, 0.05) is 30.2 Å². The van der Waals surface area contributed by atoms with Crippen LogP contribution in [0, 0.1) is 0 Å². The number of aromatic nitrogens is 1. The van der Waals surface area contributed by atoms with E-state index in [1.165, 1.54) is 11.8 Å². The molecule has 6 nitrogen and oxygen atoms in total. The zero-order chi connectivity index (χ0) is 18.1. The zero-order valence-corrected chi connectivity index (χ0v) is 18.5. The molecule has 1 heterocycles. The Morgan fingerprint density at radius 1 is 1.27 bits per heavy atom. The van der Waals surface area contributed by atoms with Crippen LogP contribution in [0.5, 0.6) is 0 Å². The van der Waals surface area contributed by atoms with E-state index in [0.717, 1.165) is 35.2 Å². The number of aryl methyl sites for hydroxylation is 1. The summed E-state index contributed by atoms with van der Waals surface area (Å²) in [5, 5.41) is 10.4. The SMILES string of the molecule is CCNC(=NCc1cccc(NC(C)=O)c1)NCc1ncc(CC)s1.I. The Labute approximate surface area is 175 Å². The van der Waals surface area contributed by atoms with E-state index in [1.807, 2.05) is 37.4 Å². The van der Waals surface area contributed by atoms with Gasteiger partial charge in [0.1, 0.15) is 5.01 Å². The third kappa shape index (κ3) is 7.69. The molecule has 0 radical (unpaired) electrons. The second-order valence-electron chi connectivity index (χ2n) is 5.50. The van der Waals surface area contributed by atoms with E-state index in [-0.39, 0.29) is 29.9 Å². The largest absolute Gasteiger partial charge is 0.357 e. The lowest BCUT2D eigenvalue weighted by Gasteiger charge is -2.10. The van der Waals surface area contributed by atoms with Crippen LogP contribution in [0.1, 0.15) is 36.2 Å². The van der Waals surface area contributed by atoms with E-state index in [1.54, 1.807) is 11.3 Å². The Morgan fingerprint density at radius 2 is 2.08 bits per heavy atom. The molecule has 0 aliphatic carbocycles. The maximum atomic E-state index is 11.2. The Kier molecular flexibility index (Phi) is 10.2. The van der Waals surface area contributed by atoms with Crippen LogP contribution in [0.4, 0.5) is 5.69 Å². The number of hydrogen-bond acceptors (Lipinski definition) is 4.